The van der Waals surface area contributed by atoms with Crippen molar-refractivity contribution in [2.24, 2.45) is 5.10 Å². The minimum Gasteiger partial charge on any atom is -0.507 e. The van der Waals surface area contributed by atoms with Gasteiger partial charge >= 0.3 is 0 Å². The highest BCUT2D eigenvalue weighted by molar-refractivity contribution is 6.06. The molecule has 1 aliphatic rings. The van der Waals surface area contributed by atoms with Crippen LogP contribution in [0.2, 0.25) is 0 Å². The van der Waals surface area contributed by atoms with E-state index in [-0.39, 0.29) is 11.8 Å². The van der Waals surface area contributed by atoms with E-state index in [0.717, 1.165) is 5.71 Å². The molecule has 0 fully saturated rings. The van der Waals surface area contributed by atoms with Gasteiger partial charge in [-0.3, -0.25) is 0 Å². The molecular formula is C20H18N2O2. The lowest BCUT2D eigenvalue weighted by Gasteiger charge is -2.12. The van der Waals surface area contributed by atoms with E-state index in [2.05, 4.69) is 40.9 Å². The second-order valence-electron chi connectivity index (χ2n) is 5.91. The van der Waals surface area contributed by atoms with Crippen molar-refractivity contribution in [1.29, 1.82) is 0 Å². The van der Waals surface area contributed by atoms with Crippen LogP contribution < -0.4 is 10.2 Å². The fraction of sp³-hybridized carbons (Fsp3) is 0.150. The van der Waals surface area contributed by atoms with Crippen molar-refractivity contribution in [2.75, 3.05) is 7.11 Å². The summed E-state index contributed by atoms with van der Waals surface area (Å²) >= 11 is 0. The molecule has 2 N–H and O–H groups in total. The Morgan fingerprint density at radius 3 is 2.71 bits per heavy atom. The van der Waals surface area contributed by atoms with Crippen LogP contribution in [0, 0.1) is 0 Å². The summed E-state index contributed by atoms with van der Waals surface area (Å²) in [5.74, 6) is 0.823. The Morgan fingerprint density at radius 1 is 1.04 bits per heavy atom. The summed E-state index contributed by atoms with van der Waals surface area (Å²) in [6.07, 6.45) is 0.701. The normalized spacial score (nSPS) is 16.7. The summed E-state index contributed by atoms with van der Waals surface area (Å²) in [5, 5.41) is 17.1. The quantitative estimate of drug-likeness (QED) is 0.767. The third-order valence-electron chi connectivity index (χ3n) is 4.44. The topological polar surface area (TPSA) is 53.9 Å². The van der Waals surface area contributed by atoms with E-state index in [4.69, 9.17) is 4.74 Å². The lowest BCUT2D eigenvalue weighted by molar-refractivity contribution is 0.406. The van der Waals surface area contributed by atoms with Crippen molar-refractivity contribution >= 4 is 16.5 Å². The molecule has 4 nitrogen and oxygen atoms in total. The molecule has 0 bridgehead atoms. The number of hydrogen-bond acceptors (Lipinski definition) is 4. The van der Waals surface area contributed by atoms with Crippen molar-refractivity contribution in [3.8, 4) is 11.5 Å². The van der Waals surface area contributed by atoms with Gasteiger partial charge in [0.05, 0.1) is 24.4 Å². The molecular weight excluding hydrogens is 300 g/mol. The molecule has 1 heterocycles. The molecule has 0 amide bonds. The van der Waals surface area contributed by atoms with Gasteiger partial charge in [0, 0.05) is 6.42 Å². The standard InChI is InChI=1S/C20H18N2O2/c1-24-19-8-4-7-18(23)20(19)17-12-16(21-22-17)15-10-9-13-5-2-3-6-14(13)11-15/h2-11,16,21,23H,12H2,1H3/t16-/m0/s1. The largest absolute Gasteiger partial charge is 0.507 e. The Morgan fingerprint density at radius 2 is 1.88 bits per heavy atom. The van der Waals surface area contributed by atoms with E-state index in [1.54, 1.807) is 19.2 Å². The SMILES string of the molecule is COc1cccc(O)c1C1=NN[C@H](c2ccc3ccccc3c2)C1. The molecule has 4 heteroatoms. The van der Waals surface area contributed by atoms with E-state index in [0.29, 0.717) is 17.7 Å². The Balaban J connectivity index is 1.64. The number of benzene rings is 3. The zero-order valence-corrected chi connectivity index (χ0v) is 13.4. The zero-order chi connectivity index (χ0) is 16.5. The van der Waals surface area contributed by atoms with Crippen LogP contribution in [0.5, 0.6) is 11.5 Å². The lowest BCUT2D eigenvalue weighted by Crippen LogP contribution is -2.10. The van der Waals surface area contributed by atoms with Crippen LogP contribution >= 0.6 is 0 Å². The molecule has 120 valence electrons. The second-order valence-corrected chi connectivity index (χ2v) is 5.91. The molecule has 0 aliphatic carbocycles. The number of methoxy groups -OCH3 is 1. The highest BCUT2D eigenvalue weighted by Crippen LogP contribution is 2.34. The first kappa shape index (κ1) is 14.6. The summed E-state index contributed by atoms with van der Waals surface area (Å²) < 4.78 is 5.37. The number of phenolic OH excluding ortho intramolecular Hbond substituents is 1. The fourth-order valence-electron chi connectivity index (χ4n) is 3.20. The zero-order valence-electron chi connectivity index (χ0n) is 13.4. The molecule has 4 rings (SSSR count). The highest BCUT2D eigenvalue weighted by Gasteiger charge is 2.25. The number of hydrazone groups is 1. The maximum Gasteiger partial charge on any atom is 0.131 e. The number of aromatic hydroxyl groups is 1. The number of fused-ring (bicyclic) bond motifs is 1. The second kappa shape index (κ2) is 5.89. The molecule has 0 unspecified atom stereocenters. The van der Waals surface area contributed by atoms with Gasteiger partial charge in [-0.1, -0.05) is 42.5 Å². The van der Waals surface area contributed by atoms with Gasteiger partial charge in [0.2, 0.25) is 0 Å². The Bertz CT molecular complexity index is 934. The van der Waals surface area contributed by atoms with Crippen molar-refractivity contribution in [3.05, 3.63) is 71.8 Å². The van der Waals surface area contributed by atoms with Crippen LogP contribution in [0.15, 0.2) is 65.8 Å². The number of nitrogens with one attached hydrogen (secondary N) is 1. The van der Waals surface area contributed by atoms with Crippen LogP contribution in [-0.4, -0.2) is 17.9 Å². The maximum atomic E-state index is 10.2. The Labute approximate surface area is 140 Å². The maximum absolute atomic E-state index is 10.2. The summed E-state index contributed by atoms with van der Waals surface area (Å²) in [7, 11) is 1.60. The summed E-state index contributed by atoms with van der Waals surface area (Å²) in [4.78, 5) is 0. The molecule has 0 saturated heterocycles. The summed E-state index contributed by atoms with van der Waals surface area (Å²) in [6, 6.07) is 20.1. The van der Waals surface area contributed by atoms with Crippen LogP contribution in [0.4, 0.5) is 0 Å². The van der Waals surface area contributed by atoms with Gasteiger partial charge in [-0.15, -0.1) is 0 Å². The van der Waals surface area contributed by atoms with Crippen molar-refractivity contribution < 1.29 is 9.84 Å². The molecule has 3 aromatic rings. The Kier molecular flexibility index (Phi) is 3.58. The summed E-state index contributed by atoms with van der Waals surface area (Å²) in [5.41, 5.74) is 5.84. The van der Waals surface area contributed by atoms with Crippen LogP contribution in [0.1, 0.15) is 23.6 Å². The van der Waals surface area contributed by atoms with E-state index in [1.165, 1.54) is 16.3 Å². The average Bonchev–Trinajstić information content (AvgIpc) is 3.10. The van der Waals surface area contributed by atoms with Crippen molar-refractivity contribution in [2.45, 2.75) is 12.5 Å². The molecule has 24 heavy (non-hydrogen) atoms. The average molecular weight is 318 g/mol. The molecule has 0 spiro atoms. The van der Waals surface area contributed by atoms with Crippen LogP contribution in [0.25, 0.3) is 10.8 Å². The molecule has 0 radical (unpaired) electrons. The van der Waals surface area contributed by atoms with Gasteiger partial charge in [0.25, 0.3) is 0 Å². The van der Waals surface area contributed by atoms with Gasteiger partial charge < -0.3 is 15.3 Å². The smallest absolute Gasteiger partial charge is 0.131 e. The molecule has 3 aromatic carbocycles. The third-order valence-corrected chi connectivity index (χ3v) is 4.44. The van der Waals surface area contributed by atoms with Gasteiger partial charge in [0.1, 0.15) is 11.5 Å². The minimum absolute atomic E-state index is 0.0916. The Hall–Kier alpha value is -3.01. The van der Waals surface area contributed by atoms with Crippen LogP contribution in [-0.2, 0) is 0 Å². The van der Waals surface area contributed by atoms with E-state index >= 15 is 0 Å². The van der Waals surface area contributed by atoms with Gasteiger partial charge in [-0.2, -0.15) is 5.10 Å². The number of ether oxygens (including phenoxy) is 1. The molecule has 1 atom stereocenters. The van der Waals surface area contributed by atoms with Gasteiger partial charge in [0.15, 0.2) is 0 Å². The molecule has 1 aliphatic heterocycles. The number of hydrogen-bond donors (Lipinski definition) is 2. The summed E-state index contributed by atoms with van der Waals surface area (Å²) in [6.45, 7) is 0. The van der Waals surface area contributed by atoms with E-state index in [1.807, 2.05) is 18.2 Å². The minimum atomic E-state index is 0.0916. The van der Waals surface area contributed by atoms with E-state index in [9.17, 15) is 5.11 Å². The first-order chi connectivity index (χ1) is 11.8. The van der Waals surface area contributed by atoms with Gasteiger partial charge in [-0.25, -0.2) is 0 Å². The van der Waals surface area contributed by atoms with Crippen molar-refractivity contribution in [1.82, 2.24) is 5.43 Å². The highest BCUT2D eigenvalue weighted by atomic mass is 16.5. The number of rotatable bonds is 3. The first-order valence-electron chi connectivity index (χ1n) is 7.93. The van der Waals surface area contributed by atoms with Gasteiger partial charge in [-0.05, 0) is 34.5 Å². The monoisotopic (exact) mass is 318 g/mol. The predicted molar refractivity (Wildman–Crippen MR) is 95.6 cm³/mol. The number of nitrogens with zero attached hydrogens (tertiary/aromatic N) is 1. The third kappa shape index (κ3) is 2.46. The first-order valence-corrected chi connectivity index (χ1v) is 7.93. The molecule has 0 saturated carbocycles. The molecule has 0 aromatic heterocycles. The number of phenols is 1. The lowest BCUT2D eigenvalue weighted by atomic mass is 9.96. The fourth-order valence-corrected chi connectivity index (χ4v) is 3.20. The van der Waals surface area contributed by atoms with E-state index < -0.39 is 0 Å². The van der Waals surface area contributed by atoms with Crippen LogP contribution in [0.3, 0.4) is 0 Å². The van der Waals surface area contributed by atoms with Crippen molar-refractivity contribution in [3.63, 3.8) is 0 Å². The predicted octanol–water partition coefficient (Wildman–Crippen LogP) is 3.99.